The minimum absolute atomic E-state index is 0. The molecule has 0 aromatic heterocycles. The summed E-state index contributed by atoms with van der Waals surface area (Å²) in [5.41, 5.74) is 4.78. The maximum atomic E-state index is 6.14. The number of epoxide rings is 1. The zero-order valence-electron chi connectivity index (χ0n) is 21.5. The average Bonchev–Trinajstić information content (AvgIpc) is 3.23. The van der Waals surface area contributed by atoms with Gasteiger partial charge in [0.2, 0.25) is 0 Å². The first kappa shape index (κ1) is 27.7. The van der Waals surface area contributed by atoms with E-state index in [0.29, 0.717) is 29.5 Å². The SMILES string of the molecule is C=C1CC[C@H](OC)C/C1=C\C=C1/CCC[C@@]2(C)C1CC[C@@H]2COCC1OC1(C)C.CC.S.[HH]. The zero-order valence-corrected chi connectivity index (χ0v) is 22.5. The van der Waals surface area contributed by atoms with Crippen molar-refractivity contribution in [3.05, 3.63) is 35.5 Å². The predicted molar refractivity (Wildman–Crippen MR) is 142 cm³/mol. The smallest absolute Gasteiger partial charge is 0.110 e. The van der Waals surface area contributed by atoms with E-state index < -0.39 is 0 Å². The highest BCUT2D eigenvalue weighted by Crippen LogP contribution is 2.57. The van der Waals surface area contributed by atoms with E-state index in [9.17, 15) is 0 Å². The second-order valence-electron chi connectivity index (χ2n) is 10.6. The number of hydrogen-bond donors (Lipinski definition) is 0. The van der Waals surface area contributed by atoms with Crippen molar-refractivity contribution in [3.8, 4) is 0 Å². The maximum Gasteiger partial charge on any atom is 0.110 e. The van der Waals surface area contributed by atoms with E-state index in [2.05, 4.69) is 39.5 Å². The minimum atomic E-state index is 0. The molecule has 0 aromatic rings. The average molecular weight is 467 g/mol. The summed E-state index contributed by atoms with van der Waals surface area (Å²) < 4.78 is 17.4. The third-order valence-corrected chi connectivity index (χ3v) is 8.42. The zero-order chi connectivity index (χ0) is 22.6. The molecule has 1 aliphatic heterocycles. The molecule has 3 saturated carbocycles. The van der Waals surface area contributed by atoms with E-state index in [4.69, 9.17) is 14.2 Å². The molecule has 4 heteroatoms. The lowest BCUT2D eigenvalue weighted by Gasteiger charge is -2.42. The lowest BCUT2D eigenvalue weighted by Crippen LogP contribution is -2.35. The Morgan fingerprint density at radius 2 is 1.81 bits per heavy atom. The summed E-state index contributed by atoms with van der Waals surface area (Å²) >= 11 is 0. The Labute approximate surface area is 206 Å². The van der Waals surface area contributed by atoms with E-state index in [0.717, 1.165) is 32.5 Å². The van der Waals surface area contributed by atoms with Crippen LogP contribution in [0.15, 0.2) is 35.5 Å². The molecule has 0 N–H and O–H groups in total. The molecule has 0 spiro atoms. The van der Waals surface area contributed by atoms with Gasteiger partial charge in [0.25, 0.3) is 0 Å². The first-order valence-corrected chi connectivity index (χ1v) is 12.7. The Balaban J connectivity index is 0.00000133. The molecule has 0 radical (unpaired) electrons. The highest BCUT2D eigenvalue weighted by atomic mass is 32.1. The van der Waals surface area contributed by atoms with Gasteiger partial charge in [0, 0.05) is 8.54 Å². The van der Waals surface area contributed by atoms with Gasteiger partial charge >= 0.3 is 0 Å². The quantitative estimate of drug-likeness (QED) is 0.382. The van der Waals surface area contributed by atoms with Crippen LogP contribution in [0.3, 0.4) is 0 Å². The van der Waals surface area contributed by atoms with Crippen molar-refractivity contribution in [1.82, 2.24) is 0 Å². The minimum Gasteiger partial charge on any atom is -0.381 e. The number of rotatable bonds is 6. The first-order valence-electron chi connectivity index (χ1n) is 12.7. The van der Waals surface area contributed by atoms with E-state index in [1.807, 2.05) is 21.0 Å². The van der Waals surface area contributed by atoms with Gasteiger partial charge in [-0.1, -0.05) is 50.6 Å². The van der Waals surface area contributed by atoms with Crippen LogP contribution in [0.5, 0.6) is 0 Å². The van der Waals surface area contributed by atoms with E-state index in [-0.39, 0.29) is 20.5 Å². The van der Waals surface area contributed by atoms with Crippen LogP contribution in [0.1, 0.15) is 87.4 Å². The number of allylic oxidation sites excluding steroid dienone is 4. The van der Waals surface area contributed by atoms with Crippen molar-refractivity contribution in [2.75, 3.05) is 20.3 Å². The predicted octanol–water partition coefficient (Wildman–Crippen LogP) is 7.39. The molecule has 2 unspecified atom stereocenters. The third-order valence-electron chi connectivity index (χ3n) is 8.42. The van der Waals surface area contributed by atoms with Gasteiger partial charge in [-0.15, -0.1) is 0 Å². The summed E-state index contributed by atoms with van der Waals surface area (Å²) in [6, 6.07) is 0. The number of fused-ring (bicyclic) bond motifs is 1. The summed E-state index contributed by atoms with van der Waals surface area (Å²) in [4.78, 5) is 0. The second kappa shape index (κ2) is 11.7. The second-order valence-corrected chi connectivity index (χ2v) is 10.6. The lowest BCUT2D eigenvalue weighted by molar-refractivity contribution is 0.0292. The molecule has 32 heavy (non-hydrogen) atoms. The molecule has 3 aliphatic carbocycles. The Bertz CT molecular complexity index is 701. The molecule has 0 bridgehead atoms. The van der Waals surface area contributed by atoms with Crippen LogP contribution >= 0.6 is 13.5 Å². The Kier molecular flexibility index (Phi) is 10.2. The van der Waals surface area contributed by atoms with Crippen LogP contribution in [0.25, 0.3) is 0 Å². The molecule has 1 heterocycles. The van der Waals surface area contributed by atoms with Gasteiger partial charge in [0.1, 0.15) is 6.10 Å². The highest BCUT2D eigenvalue weighted by molar-refractivity contribution is 7.59. The van der Waals surface area contributed by atoms with Crippen molar-refractivity contribution in [2.45, 2.75) is 104 Å². The van der Waals surface area contributed by atoms with Crippen molar-refractivity contribution in [2.24, 2.45) is 17.3 Å². The van der Waals surface area contributed by atoms with Gasteiger partial charge in [-0.2, -0.15) is 13.5 Å². The molecule has 186 valence electrons. The van der Waals surface area contributed by atoms with Crippen LogP contribution in [0, 0.1) is 17.3 Å². The largest absolute Gasteiger partial charge is 0.381 e. The molecule has 1 saturated heterocycles. The molecule has 5 atom stereocenters. The number of methoxy groups -OCH3 is 1. The topological polar surface area (TPSA) is 31.0 Å². The van der Waals surface area contributed by atoms with Gasteiger partial charge in [-0.05, 0) is 88.0 Å². The number of hydrogen-bond acceptors (Lipinski definition) is 3. The normalized spacial score (nSPS) is 38.0. The third kappa shape index (κ3) is 6.11. The molecule has 0 amide bonds. The van der Waals surface area contributed by atoms with Crippen molar-refractivity contribution in [3.63, 3.8) is 0 Å². The standard InChI is InChI=1S/C26H40O3.C2H6.H2S.H2/c1-18-8-12-22(27-5)15-20(18)10-9-19-7-6-14-26(4)21(11-13-23(19)26)16-28-17-24-25(2,3)29-24;1-2;;/h9-10,21-24H,1,6-8,11-17H2,2-5H3;1-2H3;1H2;1H/b19-9+,20-10+;;;/t21-,22+,23?,24?,26-;;;/m1.../s1. The summed E-state index contributed by atoms with van der Waals surface area (Å²) in [5, 5.41) is 0. The van der Waals surface area contributed by atoms with Crippen molar-refractivity contribution < 1.29 is 15.6 Å². The van der Waals surface area contributed by atoms with Crippen LogP contribution in [-0.2, 0) is 14.2 Å². The van der Waals surface area contributed by atoms with E-state index in [1.165, 1.54) is 43.3 Å². The van der Waals surface area contributed by atoms with Crippen LogP contribution < -0.4 is 0 Å². The van der Waals surface area contributed by atoms with Crippen LogP contribution in [0.4, 0.5) is 0 Å². The number of ether oxygens (including phenoxy) is 3. The summed E-state index contributed by atoms with van der Waals surface area (Å²) in [6.07, 6.45) is 15.1. The van der Waals surface area contributed by atoms with Gasteiger partial charge in [-0.3, -0.25) is 0 Å². The van der Waals surface area contributed by atoms with Gasteiger partial charge in [-0.25, -0.2) is 0 Å². The molecular weight excluding hydrogens is 416 g/mol. The van der Waals surface area contributed by atoms with Crippen molar-refractivity contribution in [1.29, 1.82) is 0 Å². The maximum absolute atomic E-state index is 6.14. The van der Waals surface area contributed by atoms with Crippen LogP contribution in [0.2, 0.25) is 0 Å². The first-order chi connectivity index (χ1) is 14.8. The summed E-state index contributed by atoms with van der Waals surface area (Å²) in [7, 11) is 1.83. The van der Waals surface area contributed by atoms with Gasteiger partial charge in [0.15, 0.2) is 0 Å². The van der Waals surface area contributed by atoms with Crippen LogP contribution in [-0.4, -0.2) is 38.1 Å². The van der Waals surface area contributed by atoms with Gasteiger partial charge < -0.3 is 14.2 Å². The Hall–Kier alpha value is -0.550. The molecule has 0 aromatic carbocycles. The van der Waals surface area contributed by atoms with E-state index >= 15 is 0 Å². The lowest BCUT2D eigenvalue weighted by atomic mass is 9.63. The molecule has 4 rings (SSSR count). The molecule has 3 nitrogen and oxygen atoms in total. The monoisotopic (exact) mass is 466 g/mol. The molecular formula is C28H50O3S. The summed E-state index contributed by atoms with van der Waals surface area (Å²) in [6.45, 7) is 16.8. The summed E-state index contributed by atoms with van der Waals surface area (Å²) in [5.74, 6) is 1.39. The van der Waals surface area contributed by atoms with Crippen molar-refractivity contribution >= 4 is 13.5 Å². The Morgan fingerprint density at radius 1 is 1.09 bits per heavy atom. The fourth-order valence-corrected chi connectivity index (χ4v) is 6.09. The molecule has 4 aliphatic rings. The Morgan fingerprint density at radius 3 is 2.47 bits per heavy atom. The van der Waals surface area contributed by atoms with Gasteiger partial charge in [0.05, 0.1) is 24.9 Å². The fraction of sp³-hybridized carbons (Fsp3) is 0.786. The molecule has 4 fully saturated rings. The van der Waals surface area contributed by atoms with E-state index in [1.54, 1.807) is 5.57 Å². The fourth-order valence-electron chi connectivity index (χ4n) is 6.09. The highest BCUT2D eigenvalue weighted by Gasteiger charge is 2.50.